The van der Waals surface area contributed by atoms with Gasteiger partial charge in [-0.3, -0.25) is 9.58 Å². The second-order valence-electron chi connectivity index (χ2n) is 5.87. The van der Waals surface area contributed by atoms with Gasteiger partial charge in [-0.05, 0) is 43.8 Å². The van der Waals surface area contributed by atoms with Crippen molar-refractivity contribution < 1.29 is 4.52 Å². The van der Waals surface area contributed by atoms with Gasteiger partial charge in [0.05, 0.1) is 17.5 Å². The van der Waals surface area contributed by atoms with Crippen LogP contribution in [0.25, 0.3) is 10.7 Å². The van der Waals surface area contributed by atoms with Gasteiger partial charge in [0.25, 0.3) is 0 Å². The van der Waals surface area contributed by atoms with Crippen molar-refractivity contribution in [3.05, 3.63) is 41.9 Å². The van der Waals surface area contributed by atoms with Crippen molar-refractivity contribution in [2.45, 2.75) is 38.4 Å². The van der Waals surface area contributed by atoms with E-state index in [-0.39, 0.29) is 6.04 Å². The highest BCUT2D eigenvalue weighted by Crippen LogP contribution is 2.30. The van der Waals surface area contributed by atoms with E-state index < -0.39 is 0 Å². The maximum atomic E-state index is 5.53. The molecule has 1 aliphatic rings. The van der Waals surface area contributed by atoms with E-state index in [1.807, 2.05) is 40.7 Å². The number of hydrogen-bond acceptors (Lipinski definition) is 6. The average molecular weight is 329 g/mol. The number of thiophene rings is 1. The minimum absolute atomic E-state index is 0.124. The minimum atomic E-state index is 0.124. The Morgan fingerprint density at radius 3 is 3.17 bits per heavy atom. The Labute approximate surface area is 138 Å². The van der Waals surface area contributed by atoms with Gasteiger partial charge < -0.3 is 4.52 Å². The van der Waals surface area contributed by atoms with E-state index in [2.05, 4.69) is 27.1 Å². The van der Waals surface area contributed by atoms with Crippen LogP contribution < -0.4 is 0 Å². The SMILES string of the molecule is C[C@@H](c1nc(-c2cccs2)no1)N1CCC[C@@H]1Cn1cccn1. The van der Waals surface area contributed by atoms with Gasteiger partial charge in [0.2, 0.25) is 11.7 Å². The Morgan fingerprint density at radius 2 is 2.39 bits per heavy atom. The third-order valence-electron chi connectivity index (χ3n) is 4.42. The average Bonchev–Trinajstić information content (AvgIpc) is 3.33. The molecular formula is C16H19N5OS. The summed E-state index contributed by atoms with van der Waals surface area (Å²) in [6, 6.07) is 6.57. The lowest BCUT2D eigenvalue weighted by molar-refractivity contribution is 0.144. The van der Waals surface area contributed by atoms with Gasteiger partial charge in [-0.15, -0.1) is 11.3 Å². The van der Waals surface area contributed by atoms with Crippen LogP contribution in [0.15, 0.2) is 40.5 Å². The van der Waals surface area contributed by atoms with E-state index in [1.165, 1.54) is 12.8 Å². The Morgan fingerprint density at radius 1 is 1.43 bits per heavy atom. The maximum Gasteiger partial charge on any atom is 0.244 e. The highest BCUT2D eigenvalue weighted by Gasteiger charge is 2.32. The van der Waals surface area contributed by atoms with Crippen LogP contribution in [0.4, 0.5) is 0 Å². The van der Waals surface area contributed by atoms with E-state index in [9.17, 15) is 0 Å². The third kappa shape index (κ3) is 2.94. The molecule has 0 spiro atoms. The molecule has 3 aromatic heterocycles. The summed E-state index contributed by atoms with van der Waals surface area (Å²) in [5, 5.41) is 10.5. The highest BCUT2D eigenvalue weighted by molar-refractivity contribution is 7.13. The molecule has 23 heavy (non-hydrogen) atoms. The number of hydrogen-bond donors (Lipinski definition) is 0. The zero-order valence-corrected chi connectivity index (χ0v) is 13.8. The number of likely N-dealkylation sites (tertiary alicyclic amines) is 1. The van der Waals surface area contributed by atoms with Crippen molar-refractivity contribution in [3.8, 4) is 10.7 Å². The van der Waals surface area contributed by atoms with Gasteiger partial charge >= 0.3 is 0 Å². The summed E-state index contributed by atoms with van der Waals surface area (Å²) in [4.78, 5) is 8.09. The van der Waals surface area contributed by atoms with Crippen molar-refractivity contribution in [3.63, 3.8) is 0 Å². The summed E-state index contributed by atoms with van der Waals surface area (Å²) in [5.74, 6) is 1.38. The van der Waals surface area contributed by atoms with Gasteiger partial charge in [0, 0.05) is 18.4 Å². The number of rotatable bonds is 5. The van der Waals surface area contributed by atoms with Crippen LogP contribution in [0.2, 0.25) is 0 Å². The molecule has 0 aliphatic carbocycles. The fourth-order valence-electron chi connectivity index (χ4n) is 3.24. The topological polar surface area (TPSA) is 60.0 Å². The summed E-state index contributed by atoms with van der Waals surface area (Å²) in [5.41, 5.74) is 0. The highest BCUT2D eigenvalue weighted by atomic mass is 32.1. The van der Waals surface area contributed by atoms with Crippen molar-refractivity contribution in [2.75, 3.05) is 6.54 Å². The number of aromatic nitrogens is 4. The largest absolute Gasteiger partial charge is 0.337 e. The Kier molecular flexibility index (Phi) is 3.97. The van der Waals surface area contributed by atoms with Crippen LogP contribution >= 0.6 is 11.3 Å². The van der Waals surface area contributed by atoms with E-state index in [0.29, 0.717) is 17.8 Å². The van der Waals surface area contributed by atoms with Crippen LogP contribution in [0.1, 0.15) is 31.7 Å². The van der Waals surface area contributed by atoms with Crippen LogP contribution in [-0.2, 0) is 6.54 Å². The maximum absolute atomic E-state index is 5.53. The predicted octanol–water partition coefficient (Wildman–Crippen LogP) is 3.22. The zero-order valence-electron chi connectivity index (χ0n) is 13.0. The smallest absolute Gasteiger partial charge is 0.244 e. The summed E-state index contributed by atoms with van der Waals surface area (Å²) in [6.07, 6.45) is 6.22. The van der Waals surface area contributed by atoms with E-state index >= 15 is 0 Å². The molecule has 1 aliphatic heterocycles. The second kappa shape index (κ2) is 6.25. The molecule has 0 bridgehead atoms. The summed E-state index contributed by atoms with van der Waals surface area (Å²) < 4.78 is 7.53. The van der Waals surface area contributed by atoms with E-state index in [4.69, 9.17) is 4.52 Å². The van der Waals surface area contributed by atoms with E-state index in [1.54, 1.807) is 11.3 Å². The molecule has 7 heteroatoms. The lowest BCUT2D eigenvalue weighted by atomic mass is 10.2. The number of nitrogens with zero attached hydrogens (tertiary/aromatic N) is 5. The van der Waals surface area contributed by atoms with Crippen LogP contribution in [0, 0.1) is 0 Å². The monoisotopic (exact) mass is 329 g/mol. The predicted molar refractivity (Wildman–Crippen MR) is 88.0 cm³/mol. The van der Waals surface area contributed by atoms with Crippen LogP contribution in [0.5, 0.6) is 0 Å². The van der Waals surface area contributed by atoms with E-state index in [0.717, 1.165) is 18.0 Å². The first-order chi connectivity index (χ1) is 11.3. The molecule has 0 N–H and O–H groups in total. The van der Waals surface area contributed by atoms with Gasteiger partial charge in [0.1, 0.15) is 0 Å². The Balaban J connectivity index is 1.50. The van der Waals surface area contributed by atoms with Crippen molar-refractivity contribution in [1.82, 2.24) is 24.8 Å². The molecule has 4 rings (SSSR count). The van der Waals surface area contributed by atoms with Crippen molar-refractivity contribution in [2.24, 2.45) is 0 Å². The summed E-state index contributed by atoms with van der Waals surface area (Å²) in [6.45, 7) is 4.11. The fourth-order valence-corrected chi connectivity index (χ4v) is 3.89. The second-order valence-corrected chi connectivity index (χ2v) is 6.82. The molecule has 2 atom stereocenters. The lowest BCUT2D eigenvalue weighted by Gasteiger charge is -2.28. The quantitative estimate of drug-likeness (QED) is 0.719. The van der Waals surface area contributed by atoms with Gasteiger partial charge in [-0.1, -0.05) is 11.2 Å². The van der Waals surface area contributed by atoms with Crippen LogP contribution in [-0.4, -0.2) is 37.4 Å². The molecular weight excluding hydrogens is 310 g/mol. The molecule has 0 aromatic carbocycles. The Hall–Kier alpha value is -1.99. The zero-order chi connectivity index (χ0) is 15.6. The normalized spacial score (nSPS) is 20.1. The molecule has 1 saturated heterocycles. The van der Waals surface area contributed by atoms with Gasteiger partial charge in [-0.25, -0.2) is 0 Å². The molecule has 3 aromatic rings. The molecule has 0 amide bonds. The molecule has 4 heterocycles. The molecule has 0 radical (unpaired) electrons. The Bertz CT molecular complexity index is 736. The molecule has 1 fully saturated rings. The lowest BCUT2D eigenvalue weighted by Crippen LogP contribution is -2.35. The standard InChI is InChI=1S/C16H19N5OS/c1-12(16-18-15(19-22-16)14-6-3-10-23-14)21-9-2-5-13(21)11-20-8-4-7-17-20/h3-4,6-8,10,12-13H,2,5,9,11H2,1H3/t12-,13+/m0/s1. The first-order valence-electron chi connectivity index (χ1n) is 7.92. The third-order valence-corrected chi connectivity index (χ3v) is 5.28. The summed E-state index contributed by atoms with van der Waals surface area (Å²) in [7, 11) is 0. The minimum Gasteiger partial charge on any atom is -0.337 e. The van der Waals surface area contributed by atoms with Crippen LogP contribution in [0.3, 0.4) is 0 Å². The summed E-state index contributed by atoms with van der Waals surface area (Å²) >= 11 is 1.63. The first kappa shape index (κ1) is 14.6. The molecule has 0 saturated carbocycles. The van der Waals surface area contributed by atoms with Crippen molar-refractivity contribution >= 4 is 11.3 Å². The molecule has 6 nitrogen and oxygen atoms in total. The van der Waals surface area contributed by atoms with Crippen molar-refractivity contribution in [1.29, 1.82) is 0 Å². The molecule has 120 valence electrons. The fraction of sp³-hybridized carbons (Fsp3) is 0.438. The first-order valence-corrected chi connectivity index (χ1v) is 8.80. The van der Waals surface area contributed by atoms with Gasteiger partial charge in [-0.2, -0.15) is 10.1 Å². The molecule has 0 unspecified atom stereocenters. The van der Waals surface area contributed by atoms with Gasteiger partial charge in [0.15, 0.2) is 0 Å².